The Morgan fingerprint density at radius 1 is 1.00 bits per heavy atom. The zero-order valence-corrected chi connectivity index (χ0v) is 22.8. The Bertz CT molecular complexity index is 1410. The van der Waals surface area contributed by atoms with E-state index in [1.165, 1.54) is 29.2 Å². The molecule has 8 nitrogen and oxygen atoms in total. The Labute approximate surface area is 237 Å². The minimum absolute atomic E-state index is 0.104. The minimum atomic E-state index is -0.861. The molecule has 0 radical (unpaired) electrons. The van der Waals surface area contributed by atoms with Gasteiger partial charge in [0, 0.05) is 30.9 Å². The SMILES string of the molecule is CCOc1ccc(NC(=O)CC2C(=O)N(c3ccc(F)cc3)C(=S)N2Cc2ccc(N3CCCC3=O)cc2)cc1. The first-order chi connectivity index (χ1) is 19.3. The van der Waals surface area contributed by atoms with E-state index in [1.807, 2.05) is 31.2 Å². The topological polar surface area (TPSA) is 82.2 Å². The van der Waals surface area contributed by atoms with Gasteiger partial charge in [0.2, 0.25) is 11.8 Å². The first kappa shape index (κ1) is 27.3. The zero-order valence-electron chi connectivity index (χ0n) is 22.0. The standard InChI is InChI=1S/C30H29FN4O4S/c1-2-39-25-15-9-22(10-16-25)32-27(36)18-26-29(38)35(24-13-7-21(31)8-14-24)30(40)34(26)19-20-5-11-23(12-6-20)33-17-3-4-28(33)37/h5-16,26H,2-4,17-19H2,1H3,(H,32,36). The highest BCUT2D eigenvalue weighted by Crippen LogP contribution is 2.30. The van der Waals surface area contributed by atoms with Crippen LogP contribution >= 0.6 is 12.2 Å². The molecule has 0 aliphatic carbocycles. The van der Waals surface area contributed by atoms with Gasteiger partial charge >= 0.3 is 0 Å². The van der Waals surface area contributed by atoms with Crippen molar-refractivity contribution in [2.45, 2.75) is 38.8 Å². The summed E-state index contributed by atoms with van der Waals surface area (Å²) in [5.41, 5.74) is 2.70. The number of carbonyl (C=O) groups is 3. The number of rotatable bonds is 9. The summed E-state index contributed by atoms with van der Waals surface area (Å²) >= 11 is 5.72. The van der Waals surface area contributed by atoms with Gasteiger partial charge in [-0.15, -0.1) is 0 Å². The largest absolute Gasteiger partial charge is 0.494 e. The number of carbonyl (C=O) groups excluding carboxylic acids is 3. The van der Waals surface area contributed by atoms with Gasteiger partial charge < -0.3 is 19.9 Å². The quantitative estimate of drug-likeness (QED) is 0.376. The molecule has 3 aromatic rings. The summed E-state index contributed by atoms with van der Waals surface area (Å²) in [6.45, 7) is 3.40. The molecule has 40 heavy (non-hydrogen) atoms. The van der Waals surface area contributed by atoms with Crippen molar-refractivity contribution in [2.24, 2.45) is 0 Å². The van der Waals surface area contributed by atoms with E-state index in [-0.39, 0.29) is 35.8 Å². The van der Waals surface area contributed by atoms with E-state index in [0.29, 0.717) is 36.7 Å². The molecule has 2 fully saturated rings. The predicted molar refractivity (Wildman–Crippen MR) is 155 cm³/mol. The number of hydrogen-bond donors (Lipinski definition) is 1. The molecule has 1 atom stereocenters. The smallest absolute Gasteiger partial charge is 0.256 e. The highest BCUT2D eigenvalue weighted by atomic mass is 32.1. The van der Waals surface area contributed by atoms with Crippen LogP contribution < -0.4 is 19.9 Å². The van der Waals surface area contributed by atoms with E-state index >= 15 is 0 Å². The zero-order chi connectivity index (χ0) is 28.2. The molecule has 0 spiro atoms. The van der Waals surface area contributed by atoms with Crippen LogP contribution in [-0.4, -0.2) is 46.9 Å². The first-order valence-corrected chi connectivity index (χ1v) is 13.6. The number of benzene rings is 3. The lowest BCUT2D eigenvalue weighted by molar-refractivity contribution is -0.124. The van der Waals surface area contributed by atoms with Crippen LogP contribution in [0, 0.1) is 5.82 Å². The maximum absolute atomic E-state index is 13.6. The molecular formula is C30H29FN4O4S. The lowest BCUT2D eigenvalue weighted by atomic mass is 10.1. The number of ether oxygens (including phenoxy) is 1. The Morgan fingerprint density at radius 3 is 2.30 bits per heavy atom. The number of nitrogens with zero attached hydrogens (tertiary/aromatic N) is 3. The number of thiocarbonyl (C=S) groups is 1. The number of nitrogens with one attached hydrogen (secondary N) is 1. The van der Waals surface area contributed by atoms with E-state index in [0.717, 1.165) is 17.7 Å². The maximum atomic E-state index is 13.6. The Balaban J connectivity index is 1.36. The van der Waals surface area contributed by atoms with Crippen molar-refractivity contribution >= 4 is 52.1 Å². The van der Waals surface area contributed by atoms with Gasteiger partial charge in [-0.1, -0.05) is 12.1 Å². The second kappa shape index (κ2) is 11.8. The molecular weight excluding hydrogens is 531 g/mol. The highest BCUT2D eigenvalue weighted by molar-refractivity contribution is 7.80. The van der Waals surface area contributed by atoms with Crippen LogP contribution in [0.4, 0.5) is 21.5 Å². The summed E-state index contributed by atoms with van der Waals surface area (Å²) in [5, 5.41) is 3.07. The molecule has 10 heteroatoms. The van der Waals surface area contributed by atoms with Crippen LogP contribution in [0.25, 0.3) is 0 Å². The molecule has 2 heterocycles. The number of anilines is 3. The number of amides is 3. The third-order valence-corrected chi connectivity index (χ3v) is 7.32. The molecule has 0 aromatic heterocycles. The summed E-state index contributed by atoms with van der Waals surface area (Å²) in [6.07, 6.45) is 1.25. The third-order valence-electron chi connectivity index (χ3n) is 6.91. The van der Waals surface area contributed by atoms with Gasteiger partial charge in [0.25, 0.3) is 5.91 Å². The second-order valence-corrected chi connectivity index (χ2v) is 9.97. The highest BCUT2D eigenvalue weighted by Gasteiger charge is 2.44. The molecule has 2 aliphatic heterocycles. The summed E-state index contributed by atoms with van der Waals surface area (Å²) in [5.74, 6) is -0.344. The van der Waals surface area contributed by atoms with Crippen LogP contribution in [0.15, 0.2) is 72.8 Å². The summed E-state index contributed by atoms with van der Waals surface area (Å²) < 4.78 is 19.0. The van der Waals surface area contributed by atoms with Crippen LogP contribution in [0.1, 0.15) is 31.7 Å². The molecule has 3 aromatic carbocycles. The van der Waals surface area contributed by atoms with Gasteiger partial charge in [-0.05, 0) is 91.8 Å². The molecule has 2 aliphatic rings. The molecule has 1 N–H and O–H groups in total. The number of halogens is 1. The molecule has 206 valence electrons. The summed E-state index contributed by atoms with van der Waals surface area (Å²) in [7, 11) is 0. The normalized spacial score (nSPS) is 17.1. The van der Waals surface area contributed by atoms with Crippen molar-refractivity contribution in [1.82, 2.24) is 4.90 Å². The van der Waals surface area contributed by atoms with Crippen molar-refractivity contribution in [1.29, 1.82) is 0 Å². The van der Waals surface area contributed by atoms with Gasteiger partial charge in [0.15, 0.2) is 5.11 Å². The summed E-state index contributed by atoms with van der Waals surface area (Å²) in [6, 6.07) is 19.2. The molecule has 1 unspecified atom stereocenters. The summed E-state index contributed by atoms with van der Waals surface area (Å²) in [4.78, 5) is 43.7. The van der Waals surface area contributed by atoms with Crippen molar-refractivity contribution in [2.75, 3.05) is 28.3 Å². The molecule has 3 amide bonds. The van der Waals surface area contributed by atoms with E-state index in [2.05, 4.69) is 5.32 Å². The molecule has 0 bridgehead atoms. The van der Waals surface area contributed by atoms with E-state index in [1.54, 1.807) is 34.1 Å². The Hall–Kier alpha value is -4.31. The van der Waals surface area contributed by atoms with Gasteiger partial charge in [-0.3, -0.25) is 19.3 Å². The average molecular weight is 561 g/mol. The Kier molecular flexibility index (Phi) is 8.06. The molecule has 5 rings (SSSR count). The molecule has 0 saturated carbocycles. The van der Waals surface area contributed by atoms with Crippen LogP contribution in [0.2, 0.25) is 0 Å². The second-order valence-electron chi connectivity index (χ2n) is 9.60. The van der Waals surface area contributed by atoms with Crippen molar-refractivity contribution in [3.63, 3.8) is 0 Å². The third kappa shape index (κ3) is 5.81. The fourth-order valence-corrected chi connectivity index (χ4v) is 5.32. The van der Waals surface area contributed by atoms with Crippen molar-refractivity contribution in [3.05, 3.63) is 84.2 Å². The van der Waals surface area contributed by atoms with Crippen molar-refractivity contribution < 1.29 is 23.5 Å². The van der Waals surface area contributed by atoms with Crippen LogP contribution in [-0.2, 0) is 20.9 Å². The predicted octanol–water partition coefficient (Wildman–Crippen LogP) is 4.88. The fourth-order valence-electron chi connectivity index (χ4n) is 4.93. The van der Waals surface area contributed by atoms with E-state index in [9.17, 15) is 18.8 Å². The average Bonchev–Trinajstić information content (AvgIpc) is 3.47. The number of hydrogen-bond acceptors (Lipinski definition) is 5. The van der Waals surface area contributed by atoms with Crippen molar-refractivity contribution in [3.8, 4) is 5.75 Å². The lowest BCUT2D eigenvalue weighted by Crippen LogP contribution is -2.37. The van der Waals surface area contributed by atoms with E-state index in [4.69, 9.17) is 17.0 Å². The fraction of sp³-hybridized carbons (Fsp3) is 0.267. The lowest BCUT2D eigenvalue weighted by Gasteiger charge is -2.24. The first-order valence-electron chi connectivity index (χ1n) is 13.2. The van der Waals surface area contributed by atoms with E-state index < -0.39 is 11.9 Å². The molecule has 2 saturated heterocycles. The van der Waals surface area contributed by atoms with Crippen LogP contribution in [0.5, 0.6) is 5.75 Å². The van der Waals surface area contributed by atoms with Gasteiger partial charge in [0.05, 0.1) is 18.7 Å². The van der Waals surface area contributed by atoms with Gasteiger partial charge in [-0.25, -0.2) is 4.39 Å². The van der Waals surface area contributed by atoms with Crippen LogP contribution in [0.3, 0.4) is 0 Å². The van der Waals surface area contributed by atoms with Gasteiger partial charge in [0.1, 0.15) is 17.6 Å². The minimum Gasteiger partial charge on any atom is -0.494 e. The maximum Gasteiger partial charge on any atom is 0.256 e. The monoisotopic (exact) mass is 560 g/mol. The Morgan fingerprint density at radius 2 is 1.68 bits per heavy atom. The van der Waals surface area contributed by atoms with Gasteiger partial charge in [-0.2, -0.15) is 0 Å².